The van der Waals surface area contributed by atoms with Crippen LogP contribution in [0.3, 0.4) is 0 Å². The lowest BCUT2D eigenvalue weighted by Gasteiger charge is -2.17. The van der Waals surface area contributed by atoms with Crippen molar-refractivity contribution in [1.82, 2.24) is 0 Å². The first-order chi connectivity index (χ1) is 9.43. The number of halogens is 2. The van der Waals surface area contributed by atoms with Gasteiger partial charge in [-0.2, -0.15) is 0 Å². The van der Waals surface area contributed by atoms with Crippen LogP contribution in [-0.2, 0) is 9.53 Å². The average Bonchev–Trinajstić information content (AvgIpc) is 2.37. The van der Waals surface area contributed by atoms with Crippen molar-refractivity contribution in [2.24, 2.45) is 0 Å². The fraction of sp³-hybridized carbons (Fsp3) is 0.357. The summed E-state index contributed by atoms with van der Waals surface area (Å²) in [6.07, 6.45) is 2.98. The van der Waals surface area contributed by atoms with Gasteiger partial charge in [-0.1, -0.05) is 23.2 Å². The molecule has 0 spiro atoms. The van der Waals surface area contributed by atoms with Crippen LogP contribution in [0.15, 0.2) is 18.2 Å². The summed E-state index contributed by atoms with van der Waals surface area (Å²) < 4.78 is 10.7. The summed E-state index contributed by atoms with van der Waals surface area (Å²) in [6, 6.07) is 3.16. The van der Waals surface area contributed by atoms with E-state index in [1.807, 2.05) is 6.92 Å². The largest absolute Gasteiger partial charge is 0.488 e. The highest BCUT2D eigenvalue weighted by molar-refractivity contribution is 6.35. The molecule has 0 aromatic heterocycles. The number of rotatable bonds is 7. The Balaban J connectivity index is 3.00. The minimum absolute atomic E-state index is 0.120. The van der Waals surface area contributed by atoms with E-state index in [1.165, 1.54) is 6.08 Å². The molecule has 1 N–H and O–H groups in total. The van der Waals surface area contributed by atoms with Crippen LogP contribution in [0.2, 0.25) is 10.0 Å². The van der Waals surface area contributed by atoms with Crippen molar-refractivity contribution in [3.8, 4) is 5.75 Å². The van der Waals surface area contributed by atoms with Crippen molar-refractivity contribution >= 4 is 35.2 Å². The van der Waals surface area contributed by atoms with E-state index in [2.05, 4.69) is 0 Å². The summed E-state index contributed by atoms with van der Waals surface area (Å²) in [7, 11) is 1.61. The molecular weight excluding hydrogens is 303 g/mol. The molecular formula is C14H16Cl2O4. The summed E-state index contributed by atoms with van der Waals surface area (Å²) in [4.78, 5) is 10.6. The van der Waals surface area contributed by atoms with Gasteiger partial charge in [-0.05, 0) is 25.1 Å². The SMILES string of the molecule is COCCC(C)Oc1c(Cl)cc(Cl)cc1/C=C/C(=O)O. The highest BCUT2D eigenvalue weighted by Crippen LogP contribution is 2.34. The maximum atomic E-state index is 10.6. The molecule has 4 nitrogen and oxygen atoms in total. The van der Waals surface area contributed by atoms with Crippen LogP contribution < -0.4 is 4.74 Å². The minimum Gasteiger partial charge on any atom is -0.488 e. The summed E-state index contributed by atoms with van der Waals surface area (Å²) in [5, 5.41) is 9.45. The minimum atomic E-state index is -1.06. The molecule has 110 valence electrons. The van der Waals surface area contributed by atoms with Gasteiger partial charge in [0.05, 0.1) is 11.1 Å². The van der Waals surface area contributed by atoms with Gasteiger partial charge >= 0.3 is 5.97 Å². The number of carboxylic acids is 1. The smallest absolute Gasteiger partial charge is 0.328 e. The summed E-state index contributed by atoms with van der Waals surface area (Å²) in [5.74, 6) is -0.642. The standard InChI is InChI=1S/C14H16Cl2O4/c1-9(5-6-19-2)20-14-10(3-4-13(17)18)7-11(15)8-12(14)16/h3-4,7-9H,5-6H2,1-2H3,(H,17,18)/b4-3+. The third kappa shape index (κ3) is 5.41. The van der Waals surface area contributed by atoms with Crippen LogP contribution in [0, 0.1) is 0 Å². The van der Waals surface area contributed by atoms with E-state index in [-0.39, 0.29) is 6.10 Å². The first-order valence-corrected chi connectivity index (χ1v) is 6.75. The Kier molecular flexibility index (Phi) is 6.85. The quantitative estimate of drug-likeness (QED) is 0.775. The number of hydrogen-bond donors (Lipinski definition) is 1. The molecule has 0 amide bonds. The molecule has 0 saturated heterocycles. The first-order valence-electron chi connectivity index (χ1n) is 5.99. The lowest BCUT2D eigenvalue weighted by molar-refractivity contribution is -0.131. The van der Waals surface area contributed by atoms with Crippen LogP contribution in [0.4, 0.5) is 0 Å². The third-order valence-electron chi connectivity index (χ3n) is 2.49. The van der Waals surface area contributed by atoms with Crippen LogP contribution >= 0.6 is 23.2 Å². The first kappa shape index (κ1) is 16.8. The van der Waals surface area contributed by atoms with Gasteiger partial charge < -0.3 is 14.6 Å². The summed E-state index contributed by atoms with van der Waals surface area (Å²) in [5.41, 5.74) is 0.522. The molecule has 0 saturated carbocycles. The number of aliphatic carboxylic acids is 1. The lowest BCUT2D eigenvalue weighted by Crippen LogP contribution is -2.15. The maximum absolute atomic E-state index is 10.6. The van der Waals surface area contributed by atoms with Crippen LogP contribution in [0.25, 0.3) is 6.08 Å². The number of carbonyl (C=O) groups is 1. The molecule has 0 aliphatic carbocycles. The molecule has 1 rings (SSSR count). The van der Waals surface area contributed by atoms with Crippen molar-refractivity contribution in [3.05, 3.63) is 33.8 Å². The van der Waals surface area contributed by atoms with Gasteiger partial charge in [-0.15, -0.1) is 0 Å². The highest BCUT2D eigenvalue weighted by Gasteiger charge is 2.13. The Labute approximate surface area is 127 Å². The zero-order valence-corrected chi connectivity index (χ0v) is 12.7. The number of ether oxygens (including phenoxy) is 2. The fourth-order valence-corrected chi connectivity index (χ4v) is 2.09. The maximum Gasteiger partial charge on any atom is 0.328 e. The van der Waals surface area contributed by atoms with Crippen molar-refractivity contribution in [2.45, 2.75) is 19.4 Å². The van der Waals surface area contributed by atoms with E-state index in [9.17, 15) is 4.79 Å². The van der Waals surface area contributed by atoms with Crippen LogP contribution in [0.5, 0.6) is 5.75 Å². The van der Waals surface area contributed by atoms with Crippen molar-refractivity contribution < 1.29 is 19.4 Å². The second kappa shape index (κ2) is 8.15. The zero-order valence-electron chi connectivity index (χ0n) is 11.2. The van der Waals surface area contributed by atoms with Gasteiger partial charge in [-0.3, -0.25) is 0 Å². The van der Waals surface area contributed by atoms with Crippen molar-refractivity contribution in [3.63, 3.8) is 0 Å². The average molecular weight is 319 g/mol. The van der Waals surface area contributed by atoms with Crippen LogP contribution in [0.1, 0.15) is 18.9 Å². The van der Waals surface area contributed by atoms with E-state index in [0.717, 1.165) is 6.08 Å². The number of methoxy groups -OCH3 is 1. The van der Waals surface area contributed by atoms with Crippen molar-refractivity contribution in [2.75, 3.05) is 13.7 Å². The van der Waals surface area contributed by atoms with E-state index < -0.39 is 5.97 Å². The number of benzene rings is 1. The van der Waals surface area contributed by atoms with Gasteiger partial charge in [0.15, 0.2) is 0 Å². The second-order valence-corrected chi connectivity index (χ2v) is 5.03. The van der Waals surface area contributed by atoms with Gasteiger partial charge in [0.1, 0.15) is 5.75 Å². The predicted molar refractivity (Wildman–Crippen MR) is 79.7 cm³/mol. The predicted octanol–water partition coefficient (Wildman–Crippen LogP) is 3.90. The summed E-state index contributed by atoms with van der Waals surface area (Å²) >= 11 is 12.0. The Morgan fingerprint density at radius 3 is 2.75 bits per heavy atom. The highest BCUT2D eigenvalue weighted by atomic mass is 35.5. The van der Waals surface area contributed by atoms with E-state index >= 15 is 0 Å². The summed E-state index contributed by atoms with van der Waals surface area (Å²) in [6.45, 7) is 2.45. The molecule has 0 aliphatic heterocycles. The molecule has 0 fully saturated rings. The molecule has 0 bridgehead atoms. The van der Waals surface area contributed by atoms with Gasteiger partial charge in [-0.25, -0.2) is 4.79 Å². The molecule has 1 aromatic rings. The fourth-order valence-electron chi connectivity index (χ4n) is 1.53. The number of hydrogen-bond acceptors (Lipinski definition) is 3. The lowest BCUT2D eigenvalue weighted by atomic mass is 10.1. The molecule has 20 heavy (non-hydrogen) atoms. The molecule has 6 heteroatoms. The van der Waals surface area contributed by atoms with E-state index in [0.29, 0.717) is 34.4 Å². The monoisotopic (exact) mass is 318 g/mol. The molecule has 0 heterocycles. The molecule has 1 unspecified atom stereocenters. The van der Waals surface area contributed by atoms with Crippen LogP contribution in [-0.4, -0.2) is 30.9 Å². The Hall–Kier alpha value is -1.23. The molecule has 1 atom stereocenters. The van der Waals surface area contributed by atoms with E-state index in [1.54, 1.807) is 19.2 Å². The Bertz CT molecular complexity index is 500. The molecule has 0 aliphatic rings. The molecule has 0 radical (unpaired) electrons. The number of carboxylic acid groups (broad SMARTS) is 1. The topological polar surface area (TPSA) is 55.8 Å². The molecule has 1 aromatic carbocycles. The van der Waals surface area contributed by atoms with E-state index in [4.69, 9.17) is 37.8 Å². The van der Waals surface area contributed by atoms with Gasteiger partial charge in [0.25, 0.3) is 0 Å². The zero-order chi connectivity index (χ0) is 15.1. The van der Waals surface area contributed by atoms with Crippen molar-refractivity contribution in [1.29, 1.82) is 0 Å². The van der Waals surface area contributed by atoms with Gasteiger partial charge in [0.2, 0.25) is 0 Å². The second-order valence-electron chi connectivity index (χ2n) is 4.19. The Morgan fingerprint density at radius 2 is 2.15 bits per heavy atom. The van der Waals surface area contributed by atoms with Gasteiger partial charge in [0, 0.05) is 36.8 Å². The third-order valence-corrected chi connectivity index (χ3v) is 2.99. The Morgan fingerprint density at radius 1 is 1.45 bits per heavy atom. The normalized spacial score (nSPS) is 12.6.